The highest BCUT2D eigenvalue weighted by atomic mass is 31.2. The molecule has 1 aliphatic rings. The van der Waals surface area contributed by atoms with Gasteiger partial charge in [-0.2, -0.15) is 0 Å². The Balaban J connectivity index is 1.95. The van der Waals surface area contributed by atoms with E-state index in [2.05, 4.69) is 4.52 Å². The van der Waals surface area contributed by atoms with Gasteiger partial charge in [0.05, 0.1) is 17.7 Å². The monoisotopic (exact) mass is 418 g/mol. The molecule has 0 saturated carbocycles. The number of ether oxygens (including phenoxy) is 1. The number of phosphoric acid groups is 1. The van der Waals surface area contributed by atoms with Crippen molar-refractivity contribution in [3.05, 3.63) is 40.6 Å². The molecule has 0 bridgehead atoms. The van der Waals surface area contributed by atoms with Crippen LogP contribution in [0.15, 0.2) is 29.2 Å². The predicted octanol–water partition coefficient (Wildman–Crippen LogP) is -0.0649. The molecule has 0 unspecified atom stereocenters. The highest BCUT2D eigenvalue weighted by Gasteiger charge is 2.44. The Bertz CT molecular complexity index is 991. The summed E-state index contributed by atoms with van der Waals surface area (Å²) in [7, 11) is -1.48. The van der Waals surface area contributed by atoms with Crippen molar-refractivity contribution in [2.75, 3.05) is 25.6 Å². The van der Waals surface area contributed by atoms with Crippen molar-refractivity contribution in [2.45, 2.75) is 24.5 Å². The Kier molecular flexibility index (Phi) is 5.61. The Hall–Kier alpha value is -1.85. The van der Waals surface area contributed by atoms with E-state index < -0.39 is 50.3 Å². The molecule has 0 radical (unpaired) electrons. The van der Waals surface area contributed by atoms with Gasteiger partial charge in [-0.3, -0.25) is 13.9 Å². The van der Waals surface area contributed by atoms with Gasteiger partial charge in [0.2, 0.25) is 0 Å². The van der Waals surface area contributed by atoms with E-state index in [1.807, 2.05) is 0 Å². The van der Waals surface area contributed by atoms with E-state index in [1.165, 1.54) is 18.3 Å². The number of hydrogen-bond donors (Lipinski definition) is 4. The molecular weight excluding hydrogens is 398 g/mol. The molecule has 4 N–H and O–H groups in total. The standard InChI is InChI=1S/C16H20FN2O8P/c1-18(2)11-5-8-3-4-19(15(22)9(8)6-10(11)17)16-14(21)13(20)12(27-16)7-26-28(23,24)25/h3-6,12-14,16,20-21H,7H2,1-2H3,(H2,23,24,25)/t12-,13+,14-,16-/m1/s1. The Morgan fingerprint density at radius 1 is 1.29 bits per heavy atom. The summed E-state index contributed by atoms with van der Waals surface area (Å²) in [6.07, 6.45) is -4.40. The smallest absolute Gasteiger partial charge is 0.387 e. The minimum atomic E-state index is -4.80. The topological polar surface area (TPSA) is 142 Å². The van der Waals surface area contributed by atoms with E-state index >= 15 is 0 Å². The SMILES string of the molecule is CN(C)c1cc2ccn([C@@H]3O[C@H](COP(=O)(O)O)[C@H](O)[C@H]3O)c(=O)c2cc1F. The molecule has 1 aromatic heterocycles. The van der Waals surface area contributed by atoms with E-state index in [9.17, 15) is 24.0 Å². The number of pyridine rings is 1. The molecular formula is C16H20FN2O8P. The highest BCUT2D eigenvalue weighted by Crippen LogP contribution is 2.38. The lowest BCUT2D eigenvalue weighted by atomic mass is 10.1. The van der Waals surface area contributed by atoms with Crippen molar-refractivity contribution in [1.29, 1.82) is 0 Å². The minimum absolute atomic E-state index is 0.0470. The fraction of sp³-hybridized carbons (Fsp3) is 0.438. The molecule has 28 heavy (non-hydrogen) atoms. The van der Waals surface area contributed by atoms with Gasteiger partial charge in [-0.1, -0.05) is 0 Å². The molecule has 10 nitrogen and oxygen atoms in total. The van der Waals surface area contributed by atoms with Crippen molar-refractivity contribution >= 4 is 24.3 Å². The first-order valence-corrected chi connectivity index (χ1v) is 9.76. The molecule has 1 aliphatic heterocycles. The van der Waals surface area contributed by atoms with Crippen LogP contribution in [-0.2, 0) is 13.8 Å². The number of rotatable bonds is 5. The third kappa shape index (κ3) is 3.96. The van der Waals surface area contributed by atoms with Gasteiger partial charge in [0.1, 0.15) is 24.1 Å². The first-order valence-electron chi connectivity index (χ1n) is 8.23. The molecule has 0 spiro atoms. The highest BCUT2D eigenvalue weighted by molar-refractivity contribution is 7.46. The van der Waals surface area contributed by atoms with Gasteiger partial charge in [0.25, 0.3) is 5.56 Å². The van der Waals surface area contributed by atoms with Crippen LogP contribution in [0.25, 0.3) is 10.8 Å². The second-order valence-electron chi connectivity index (χ2n) is 6.65. The van der Waals surface area contributed by atoms with Crippen LogP contribution in [0.4, 0.5) is 10.1 Å². The van der Waals surface area contributed by atoms with Crippen molar-refractivity contribution < 1.29 is 38.2 Å². The normalized spacial score (nSPS) is 25.4. The fourth-order valence-electron chi connectivity index (χ4n) is 3.08. The first kappa shape index (κ1) is 20.9. The summed E-state index contributed by atoms with van der Waals surface area (Å²) in [5.74, 6) is -0.604. The summed E-state index contributed by atoms with van der Waals surface area (Å²) in [4.78, 5) is 31.9. The maximum Gasteiger partial charge on any atom is 0.469 e. The van der Waals surface area contributed by atoms with Crippen LogP contribution in [0, 0.1) is 5.82 Å². The van der Waals surface area contributed by atoms with E-state index in [0.29, 0.717) is 11.1 Å². The van der Waals surface area contributed by atoms with E-state index in [0.717, 1.165) is 10.6 Å². The largest absolute Gasteiger partial charge is 0.469 e. The van der Waals surface area contributed by atoms with Crippen molar-refractivity contribution in [2.24, 2.45) is 0 Å². The summed E-state index contributed by atoms with van der Waals surface area (Å²) in [5, 5.41) is 20.8. The fourth-order valence-corrected chi connectivity index (χ4v) is 3.42. The van der Waals surface area contributed by atoms with Crippen LogP contribution in [0.1, 0.15) is 6.23 Å². The maximum absolute atomic E-state index is 14.3. The zero-order valence-corrected chi connectivity index (χ0v) is 15.9. The summed E-state index contributed by atoms with van der Waals surface area (Å²) in [5.41, 5.74) is -0.360. The van der Waals surface area contributed by atoms with Gasteiger partial charge >= 0.3 is 7.82 Å². The van der Waals surface area contributed by atoms with Crippen molar-refractivity contribution in [3.8, 4) is 0 Å². The molecule has 1 saturated heterocycles. The second kappa shape index (κ2) is 7.53. The lowest BCUT2D eigenvalue weighted by Crippen LogP contribution is -2.35. The van der Waals surface area contributed by atoms with Crippen LogP contribution >= 0.6 is 7.82 Å². The van der Waals surface area contributed by atoms with Crippen LogP contribution in [0.5, 0.6) is 0 Å². The Labute approximate surface area is 158 Å². The summed E-state index contributed by atoms with van der Waals surface area (Å²) in [6, 6.07) is 4.12. The van der Waals surface area contributed by atoms with Gasteiger partial charge in [-0.05, 0) is 23.6 Å². The predicted molar refractivity (Wildman–Crippen MR) is 96.4 cm³/mol. The molecule has 3 rings (SSSR count). The number of aliphatic hydroxyl groups excluding tert-OH is 2. The lowest BCUT2D eigenvalue weighted by molar-refractivity contribution is -0.0534. The third-order valence-electron chi connectivity index (χ3n) is 4.50. The molecule has 4 atom stereocenters. The number of benzene rings is 1. The molecule has 0 aliphatic carbocycles. The molecule has 1 fully saturated rings. The summed E-state index contributed by atoms with van der Waals surface area (Å²) >= 11 is 0. The average Bonchev–Trinajstić information content (AvgIpc) is 2.88. The molecule has 12 heteroatoms. The third-order valence-corrected chi connectivity index (χ3v) is 4.98. The van der Waals surface area contributed by atoms with Crippen LogP contribution in [-0.4, -0.2) is 63.6 Å². The molecule has 2 aromatic rings. The Morgan fingerprint density at radius 3 is 2.57 bits per heavy atom. The lowest BCUT2D eigenvalue weighted by Gasteiger charge is -2.19. The number of aliphatic hydroxyl groups is 2. The average molecular weight is 418 g/mol. The number of aromatic nitrogens is 1. The number of nitrogens with zero attached hydrogens (tertiary/aromatic N) is 2. The molecule has 2 heterocycles. The van der Waals surface area contributed by atoms with Crippen molar-refractivity contribution in [3.63, 3.8) is 0 Å². The van der Waals surface area contributed by atoms with Gasteiger partial charge in [0.15, 0.2) is 6.23 Å². The summed E-state index contributed by atoms with van der Waals surface area (Å²) < 4.78 is 35.8. The van der Waals surface area contributed by atoms with Crippen LogP contribution in [0.3, 0.4) is 0 Å². The van der Waals surface area contributed by atoms with Crippen LogP contribution in [0.2, 0.25) is 0 Å². The zero-order chi connectivity index (χ0) is 20.8. The second-order valence-corrected chi connectivity index (χ2v) is 7.89. The van der Waals surface area contributed by atoms with Crippen LogP contribution < -0.4 is 10.5 Å². The number of halogens is 1. The number of fused-ring (bicyclic) bond motifs is 1. The van der Waals surface area contributed by atoms with Gasteiger partial charge in [-0.15, -0.1) is 0 Å². The molecule has 154 valence electrons. The summed E-state index contributed by atoms with van der Waals surface area (Å²) in [6.45, 7) is -0.692. The maximum atomic E-state index is 14.3. The number of hydrogen-bond acceptors (Lipinski definition) is 7. The zero-order valence-electron chi connectivity index (χ0n) is 15.0. The number of phosphoric ester groups is 1. The Morgan fingerprint density at radius 2 is 1.96 bits per heavy atom. The van der Waals surface area contributed by atoms with Gasteiger partial charge < -0.3 is 29.6 Å². The molecule has 1 aromatic carbocycles. The van der Waals surface area contributed by atoms with E-state index in [4.69, 9.17) is 14.5 Å². The van der Waals surface area contributed by atoms with E-state index in [-0.39, 0.29) is 5.39 Å². The first-order chi connectivity index (χ1) is 13.0. The van der Waals surface area contributed by atoms with Crippen molar-refractivity contribution in [1.82, 2.24) is 4.57 Å². The minimum Gasteiger partial charge on any atom is -0.387 e. The quantitative estimate of drug-likeness (QED) is 0.491. The number of anilines is 1. The molecule has 0 amide bonds. The van der Waals surface area contributed by atoms with Gasteiger partial charge in [-0.25, -0.2) is 8.96 Å². The van der Waals surface area contributed by atoms with E-state index in [1.54, 1.807) is 19.0 Å². The van der Waals surface area contributed by atoms with Gasteiger partial charge in [0, 0.05) is 20.3 Å².